The molecular formula is C16H27N3O2. The Balaban J connectivity index is 3.20. The van der Waals surface area contributed by atoms with Gasteiger partial charge in [0.15, 0.2) is 0 Å². The van der Waals surface area contributed by atoms with Gasteiger partial charge in [0.05, 0.1) is 5.56 Å². The third-order valence-corrected chi connectivity index (χ3v) is 3.49. The van der Waals surface area contributed by atoms with Crippen LogP contribution in [0.2, 0.25) is 0 Å². The summed E-state index contributed by atoms with van der Waals surface area (Å²) in [6.07, 6.45) is 4.05. The second-order valence-electron chi connectivity index (χ2n) is 5.76. The van der Waals surface area contributed by atoms with Crippen LogP contribution in [0.4, 0.5) is 5.82 Å². The molecule has 0 aromatic carbocycles. The van der Waals surface area contributed by atoms with E-state index in [4.69, 9.17) is 5.41 Å². The SMILES string of the molecule is CCCC(CCC)Nc1[nH]c(=O)cc(O)c1C(=N)C(C)C. The van der Waals surface area contributed by atoms with E-state index in [1.807, 2.05) is 13.8 Å². The van der Waals surface area contributed by atoms with E-state index in [1.165, 1.54) is 0 Å². The molecule has 0 bridgehead atoms. The molecule has 0 saturated heterocycles. The van der Waals surface area contributed by atoms with Gasteiger partial charge >= 0.3 is 0 Å². The van der Waals surface area contributed by atoms with Gasteiger partial charge in [-0.2, -0.15) is 0 Å². The summed E-state index contributed by atoms with van der Waals surface area (Å²) in [4.78, 5) is 14.4. The Kier molecular flexibility index (Phi) is 6.46. The normalized spacial score (nSPS) is 11.1. The van der Waals surface area contributed by atoms with Crippen molar-refractivity contribution < 1.29 is 5.11 Å². The molecule has 0 aliphatic heterocycles. The van der Waals surface area contributed by atoms with Crippen molar-refractivity contribution in [1.82, 2.24) is 4.98 Å². The largest absolute Gasteiger partial charge is 0.507 e. The van der Waals surface area contributed by atoms with E-state index in [2.05, 4.69) is 24.1 Å². The van der Waals surface area contributed by atoms with E-state index in [9.17, 15) is 9.90 Å². The van der Waals surface area contributed by atoms with Gasteiger partial charge in [-0.25, -0.2) is 0 Å². The average molecular weight is 293 g/mol. The van der Waals surface area contributed by atoms with Crippen LogP contribution < -0.4 is 10.9 Å². The molecule has 0 amide bonds. The number of H-pyrrole nitrogens is 1. The summed E-state index contributed by atoms with van der Waals surface area (Å²) >= 11 is 0. The molecular weight excluding hydrogens is 266 g/mol. The summed E-state index contributed by atoms with van der Waals surface area (Å²) in [5.74, 6) is 0.301. The Morgan fingerprint density at radius 3 is 2.38 bits per heavy atom. The standard InChI is InChI=1S/C16H27N3O2/c1-5-7-11(8-6-2)18-16-14(15(17)10(3)4)12(20)9-13(21)19-16/h9-11,17H,5-8H2,1-4H3,(H3,18,19,20,21). The molecule has 0 spiro atoms. The Labute approximate surface area is 126 Å². The number of anilines is 1. The van der Waals surface area contributed by atoms with Gasteiger partial charge in [-0.1, -0.05) is 40.5 Å². The quantitative estimate of drug-likeness (QED) is 0.553. The molecule has 1 rings (SSSR count). The summed E-state index contributed by atoms with van der Waals surface area (Å²) in [6.45, 7) is 8.03. The summed E-state index contributed by atoms with van der Waals surface area (Å²) < 4.78 is 0. The van der Waals surface area contributed by atoms with Crippen LogP contribution in [-0.2, 0) is 0 Å². The van der Waals surface area contributed by atoms with Gasteiger partial charge in [0, 0.05) is 17.8 Å². The lowest BCUT2D eigenvalue weighted by Gasteiger charge is -2.22. The number of hydrogen-bond donors (Lipinski definition) is 4. The van der Waals surface area contributed by atoms with E-state index in [0.717, 1.165) is 31.7 Å². The maximum Gasteiger partial charge on any atom is 0.253 e. The summed E-state index contributed by atoms with van der Waals surface area (Å²) in [7, 11) is 0. The number of aromatic hydroxyl groups is 1. The minimum atomic E-state index is -0.359. The van der Waals surface area contributed by atoms with Crippen molar-refractivity contribution in [3.05, 3.63) is 22.0 Å². The Bertz CT molecular complexity index is 529. The lowest BCUT2D eigenvalue weighted by atomic mass is 9.99. The summed E-state index contributed by atoms with van der Waals surface area (Å²) in [6, 6.07) is 1.36. The Morgan fingerprint density at radius 2 is 1.90 bits per heavy atom. The molecule has 5 nitrogen and oxygen atoms in total. The molecule has 4 N–H and O–H groups in total. The molecule has 0 unspecified atom stereocenters. The Morgan fingerprint density at radius 1 is 1.33 bits per heavy atom. The first-order valence-corrected chi connectivity index (χ1v) is 7.72. The van der Waals surface area contributed by atoms with Crippen LogP contribution in [0.3, 0.4) is 0 Å². The topological polar surface area (TPSA) is 89.0 Å². The van der Waals surface area contributed by atoms with Gasteiger partial charge in [-0.15, -0.1) is 0 Å². The van der Waals surface area contributed by atoms with Crippen molar-refractivity contribution in [3.63, 3.8) is 0 Å². The molecule has 0 fully saturated rings. The third-order valence-electron chi connectivity index (χ3n) is 3.49. The molecule has 0 aliphatic carbocycles. The van der Waals surface area contributed by atoms with Gasteiger partial charge in [-0.3, -0.25) is 4.79 Å². The van der Waals surface area contributed by atoms with Crippen LogP contribution in [0.1, 0.15) is 58.9 Å². The molecule has 0 aliphatic rings. The highest BCUT2D eigenvalue weighted by atomic mass is 16.3. The van der Waals surface area contributed by atoms with Crippen molar-refractivity contribution in [2.75, 3.05) is 5.32 Å². The molecule has 1 aromatic heterocycles. The zero-order valence-corrected chi connectivity index (χ0v) is 13.4. The number of rotatable bonds is 8. The smallest absolute Gasteiger partial charge is 0.253 e. The molecule has 1 heterocycles. The molecule has 0 saturated carbocycles. The van der Waals surface area contributed by atoms with Crippen LogP contribution in [0.5, 0.6) is 5.75 Å². The average Bonchev–Trinajstić information content (AvgIpc) is 2.38. The number of aromatic amines is 1. The highest BCUT2D eigenvalue weighted by Gasteiger charge is 2.19. The van der Waals surface area contributed by atoms with Gasteiger partial charge in [0.1, 0.15) is 11.6 Å². The molecule has 21 heavy (non-hydrogen) atoms. The van der Waals surface area contributed by atoms with Gasteiger partial charge < -0.3 is 20.8 Å². The number of nitrogens with one attached hydrogen (secondary N) is 3. The lowest BCUT2D eigenvalue weighted by molar-refractivity contribution is 0.472. The predicted octanol–water partition coefficient (Wildman–Crippen LogP) is 3.49. The third kappa shape index (κ3) is 4.62. The predicted molar refractivity (Wildman–Crippen MR) is 87.6 cm³/mol. The first-order valence-electron chi connectivity index (χ1n) is 7.72. The minimum absolute atomic E-state index is 0.0295. The molecule has 1 aromatic rings. The molecule has 5 heteroatoms. The van der Waals surface area contributed by atoms with E-state index in [-0.39, 0.29) is 23.3 Å². The summed E-state index contributed by atoms with van der Waals surface area (Å²) in [5.41, 5.74) is 0.363. The van der Waals surface area contributed by atoms with Crippen molar-refractivity contribution >= 4 is 11.5 Å². The monoisotopic (exact) mass is 293 g/mol. The fourth-order valence-corrected chi connectivity index (χ4v) is 2.41. The van der Waals surface area contributed by atoms with E-state index in [0.29, 0.717) is 17.1 Å². The number of aromatic nitrogens is 1. The number of hydrogen-bond acceptors (Lipinski definition) is 4. The van der Waals surface area contributed by atoms with Crippen molar-refractivity contribution in [2.45, 2.75) is 59.4 Å². The maximum absolute atomic E-state index is 11.6. The first kappa shape index (κ1) is 17.3. The summed E-state index contributed by atoms with van der Waals surface area (Å²) in [5, 5.41) is 21.5. The van der Waals surface area contributed by atoms with Crippen LogP contribution in [0.25, 0.3) is 0 Å². The van der Waals surface area contributed by atoms with Gasteiger partial charge in [-0.05, 0) is 18.8 Å². The van der Waals surface area contributed by atoms with Crippen LogP contribution in [-0.4, -0.2) is 21.8 Å². The minimum Gasteiger partial charge on any atom is -0.507 e. The Hall–Kier alpha value is -1.78. The van der Waals surface area contributed by atoms with E-state index in [1.54, 1.807) is 0 Å². The zero-order chi connectivity index (χ0) is 16.0. The molecule has 0 radical (unpaired) electrons. The molecule has 118 valence electrons. The maximum atomic E-state index is 11.6. The van der Waals surface area contributed by atoms with Crippen molar-refractivity contribution in [3.8, 4) is 5.75 Å². The van der Waals surface area contributed by atoms with E-state index >= 15 is 0 Å². The van der Waals surface area contributed by atoms with Crippen molar-refractivity contribution in [1.29, 1.82) is 5.41 Å². The van der Waals surface area contributed by atoms with Crippen LogP contribution in [0.15, 0.2) is 10.9 Å². The molecule has 0 atom stereocenters. The fourth-order valence-electron chi connectivity index (χ4n) is 2.41. The van der Waals surface area contributed by atoms with Crippen LogP contribution in [0, 0.1) is 11.3 Å². The fraction of sp³-hybridized carbons (Fsp3) is 0.625. The van der Waals surface area contributed by atoms with Crippen molar-refractivity contribution in [2.24, 2.45) is 5.92 Å². The van der Waals surface area contributed by atoms with Gasteiger partial charge in [0.2, 0.25) is 0 Å². The first-order chi connectivity index (χ1) is 9.90. The highest BCUT2D eigenvalue weighted by molar-refractivity contribution is 6.05. The lowest BCUT2D eigenvalue weighted by Crippen LogP contribution is -2.25. The highest BCUT2D eigenvalue weighted by Crippen LogP contribution is 2.26. The zero-order valence-electron chi connectivity index (χ0n) is 13.4. The second kappa shape index (κ2) is 7.86. The second-order valence-corrected chi connectivity index (χ2v) is 5.76. The van der Waals surface area contributed by atoms with Gasteiger partial charge in [0.25, 0.3) is 5.56 Å². The number of pyridine rings is 1. The van der Waals surface area contributed by atoms with Crippen LogP contribution >= 0.6 is 0 Å². The van der Waals surface area contributed by atoms with E-state index < -0.39 is 0 Å².